The van der Waals surface area contributed by atoms with Crippen LogP contribution in [0.1, 0.15) is 12.8 Å². The summed E-state index contributed by atoms with van der Waals surface area (Å²) >= 11 is 0. The van der Waals surface area contributed by atoms with Crippen molar-refractivity contribution in [2.45, 2.75) is 31.2 Å². The normalized spacial score (nSPS) is 12.1. The van der Waals surface area contributed by atoms with E-state index in [4.69, 9.17) is 35.7 Å². The molecule has 0 amide bonds. The molecule has 0 saturated heterocycles. The highest BCUT2D eigenvalue weighted by atomic mass is 16.3. The maximum Gasteiger partial charge on any atom is 0.188 e. The summed E-state index contributed by atoms with van der Waals surface area (Å²) in [5.41, 5.74) is 0. The average molecular weight is 386 g/mol. The SMILES string of the molecule is O=C(CO)C(O)CO.O=CC(O)CO.O=CC(O)CO.O=CCCC=O. The van der Waals surface area contributed by atoms with Crippen LogP contribution in [0.4, 0.5) is 0 Å². The van der Waals surface area contributed by atoms with Crippen LogP contribution in [-0.4, -0.2) is 111 Å². The lowest BCUT2D eigenvalue weighted by Crippen LogP contribution is -2.26. The van der Waals surface area contributed by atoms with E-state index >= 15 is 0 Å². The summed E-state index contributed by atoms with van der Waals surface area (Å²) < 4.78 is 0. The molecule has 12 heteroatoms. The van der Waals surface area contributed by atoms with Crippen LogP contribution in [0.25, 0.3) is 0 Å². The van der Waals surface area contributed by atoms with Gasteiger partial charge in [0.2, 0.25) is 0 Å². The number of ketones is 1. The third-order valence-electron chi connectivity index (χ3n) is 1.79. The summed E-state index contributed by atoms with van der Waals surface area (Å²) in [4.78, 5) is 47.5. The Hall–Kier alpha value is -1.93. The first-order chi connectivity index (χ1) is 12.2. The van der Waals surface area contributed by atoms with E-state index in [0.717, 1.165) is 12.6 Å². The molecule has 0 rings (SSSR count). The van der Waals surface area contributed by atoms with E-state index in [-0.39, 0.29) is 12.6 Å². The number of hydrogen-bond acceptors (Lipinski definition) is 12. The summed E-state index contributed by atoms with van der Waals surface area (Å²) in [5.74, 6) is -0.757. The fraction of sp³-hybridized carbons (Fsp3) is 0.643. The molecular formula is C14H26O12. The molecule has 154 valence electrons. The lowest BCUT2D eigenvalue weighted by Gasteiger charge is -2.00. The summed E-state index contributed by atoms with van der Waals surface area (Å²) in [6, 6.07) is 0. The Labute approximate surface area is 149 Å². The zero-order valence-electron chi connectivity index (χ0n) is 14.0. The van der Waals surface area contributed by atoms with Crippen molar-refractivity contribution in [1.29, 1.82) is 0 Å². The molecule has 0 spiro atoms. The maximum absolute atomic E-state index is 10.1. The summed E-state index contributed by atoms with van der Waals surface area (Å²) in [5, 5.41) is 56.2. The van der Waals surface area contributed by atoms with Gasteiger partial charge in [0.05, 0.1) is 19.8 Å². The number of aliphatic hydroxyl groups excluding tert-OH is 7. The van der Waals surface area contributed by atoms with E-state index in [0.29, 0.717) is 12.8 Å². The van der Waals surface area contributed by atoms with E-state index in [1.165, 1.54) is 0 Å². The quantitative estimate of drug-likeness (QED) is 0.138. The van der Waals surface area contributed by atoms with Crippen LogP contribution >= 0.6 is 0 Å². The van der Waals surface area contributed by atoms with Gasteiger partial charge in [-0.05, 0) is 0 Å². The van der Waals surface area contributed by atoms with Gasteiger partial charge in [0.25, 0.3) is 0 Å². The fourth-order valence-corrected chi connectivity index (χ4v) is 0.429. The zero-order valence-corrected chi connectivity index (χ0v) is 14.0. The first kappa shape index (κ1) is 31.8. The van der Waals surface area contributed by atoms with Crippen LogP contribution in [0.5, 0.6) is 0 Å². The molecule has 0 fully saturated rings. The summed E-state index contributed by atoms with van der Waals surface area (Å²) in [6.45, 7) is -2.31. The molecule has 3 atom stereocenters. The predicted octanol–water partition coefficient (Wildman–Crippen LogP) is -4.86. The van der Waals surface area contributed by atoms with Crippen molar-refractivity contribution in [3.63, 3.8) is 0 Å². The Morgan fingerprint density at radius 3 is 1.12 bits per heavy atom. The molecule has 3 unspecified atom stereocenters. The third-order valence-corrected chi connectivity index (χ3v) is 1.79. The smallest absolute Gasteiger partial charge is 0.188 e. The molecule has 0 bridgehead atoms. The highest BCUT2D eigenvalue weighted by Crippen LogP contribution is 1.80. The number of aldehydes is 4. The first-order valence-electron chi connectivity index (χ1n) is 7.04. The molecule has 26 heavy (non-hydrogen) atoms. The molecule has 0 aliphatic carbocycles. The van der Waals surface area contributed by atoms with Gasteiger partial charge in [-0.15, -0.1) is 0 Å². The molecule has 0 aliphatic rings. The number of hydrogen-bond donors (Lipinski definition) is 7. The first-order valence-corrected chi connectivity index (χ1v) is 7.04. The van der Waals surface area contributed by atoms with Crippen LogP contribution in [-0.2, 0) is 24.0 Å². The van der Waals surface area contributed by atoms with Crippen LogP contribution in [0.15, 0.2) is 0 Å². The Morgan fingerprint density at radius 1 is 0.692 bits per heavy atom. The van der Waals surface area contributed by atoms with Gasteiger partial charge in [0.1, 0.15) is 37.5 Å². The van der Waals surface area contributed by atoms with Crippen molar-refractivity contribution in [1.82, 2.24) is 0 Å². The molecular weight excluding hydrogens is 360 g/mol. The van der Waals surface area contributed by atoms with Crippen molar-refractivity contribution in [2.75, 3.05) is 26.4 Å². The second-order valence-electron chi connectivity index (χ2n) is 4.01. The lowest BCUT2D eigenvalue weighted by atomic mass is 10.3. The van der Waals surface area contributed by atoms with E-state index in [9.17, 15) is 24.0 Å². The van der Waals surface area contributed by atoms with Gasteiger partial charge < -0.3 is 54.9 Å². The van der Waals surface area contributed by atoms with Gasteiger partial charge in [-0.1, -0.05) is 0 Å². The Bertz CT molecular complexity index is 325. The fourth-order valence-electron chi connectivity index (χ4n) is 0.429. The van der Waals surface area contributed by atoms with Gasteiger partial charge in [-0.25, -0.2) is 0 Å². The van der Waals surface area contributed by atoms with E-state index < -0.39 is 50.5 Å². The molecule has 0 saturated carbocycles. The minimum absolute atomic E-state index is 0.278. The molecule has 0 aromatic carbocycles. The lowest BCUT2D eigenvalue weighted by molar-refractivity contribution is -0.131. The predicted molar refractivity (Wildman–Crippen MR) is 84.9 cm³/mol. The minimum atomic E-state index is -1.42. The van der Waals surface area contributed by atoms with E-state index in [1.54, 1.807) is 0 Å². The van der Waals surface area contributed by atoms with Crippen molar-refractivity contribution in [3.8, 4) is 0 Å². The molecule has 0 heterocycles. The zero-order chi connectivity index (χ0) is 21.4. The summed E-state index contributed by atoms with van der Waals surface area (Å²) in [7, 11) is 0. The molecule has 0 aromatic rings. The van der Waals surface area contributed by atoms with Gasteiger partial charge in [0, 0.05) is 12.8 Å². The van der Waals surface area contributed by atoms with Crippen molar-refractivity contribution >= 4 is 30.9 Å². The number of aliphatic hydroxyl groups is 7. The largest absolute Gasteiger partial charge is 0.393 e. The number of carbonyl (C=O) groups is 5. The Kier molecular flexibility index (Phi) is 34.1. The molecule has 0 aromatic heterocycles. The minimum Gasteiger partial charge on any atom is -0.393 e. The molecule has 0 aliphatic heterocycles. The third kappa shape index (κ3) is 33.6. The van der Waals surface area contributed by atoms with Crippen LogP contribution < -0.4 is 0 Å². The van der Waals surface area contributed by atoms with Crippen LogP contribution in [0, 0.1) is 0 Å². The van der Waals surface area contributed by atoms with E-state index in [2.05, 4.69) is 0 Å². The maximum atomic E-state index is 10.1. The molecule has 12 nitrogen and oxygen atoms in total. The number of Topliss-reactive ketones (excluding diaryl/α,β-unsaturated/α-hetero) is 1. The number of unbranched alkanes of at least 4 members (excludes halogenated alkanes) is 1. The number of rotatable bonds is 10. The van der Waals surface area contributed by atoms with Gasteiger partial charge >= 0.3 is 0 Å². The Balaban J connectivity index is -0.000000125. The van der Waals surface area contributed by atoms with Crippen LogP contribution in [0.2, 0.25) is 0 Å². The van der Waals surface area contributed by atoms with Gasteiger partial charge in [-0.3, -0.25) is 4.79 Å². The highest BCUT2D eigenvalue weighted by Gasteiger charge is 2.10. The second kappa shape index (κ2) is 27.9. The van der Waals surface area contributed by atoms with Crippen molar-refractivity contribution < 1.29 is 59.7 Å². The highest BCUT2D eigenvalue weighted by molar-refractivity contribution is 5.83. The topological polar surface area (TPSA) is 227 Å². The molecule has 7 N–H and O–H groups in total. The monoisotopic (exact) mass is 386 g/mol. The van der Waals surface area contributed by atoms with Gasteiger partial charge in [0.15, 0.2) is 18.4 Å². The number of carbonyl (C=O) groups excluding carboxylic acids is 5. The second-order valence-corrected chi connectivity index (χ2v) is 4.01. The standard InChI is InChI=1S/C4H8O4.C4H6O2.2C3H6O3/c5-1-3(7)4(8)2-6;5-3-1-2-4-6;2*4-1-3(6)2-5/h3,5-7H,1-2H2;3-4H,1-2H2;2*1,3,5-6H,2H2. The Morgan fingerprint density at radius 2 is 1.04 bits per heavy atom. The summed E-state index contributed by atoms with van der Waals surface area (Å²) in [6.07, 6.45) is -1.05. The molecule has 0 radical (unpaired) electrons. The van der Waals surface area contributed by atoms with E-state index in [1.807, 2.05) is 0 Å². The average Bonchev–Trinajstić information content (AvgIpc) is 2.70. The van der Waals surface area contributed by atoms with Gasteiger partial charge in [-0.2, -0.15) is 0 Å². The van der Waals surface area contributed by atoms with Crippen LogP contribution in [0.3, 0.4) is 0 Å². The van der Waals surface area contributed by atoms with Crippen molar-refractivity contribution in [3.05, 3.63) is 0 Å². The van der Waals surface area contributed by atoms with Crippen molar-refractivity contribution in [2.24, 2.45) is 0 Å².